The number of hydrogen-bond donors (Lipinski definition) is 0. The van der Waals surface area contributed by atoms with E-state index < -0.39 is 4.33 Å². The molecule has 0 heterocycles. The van der Waals surface area contributed by atoms with E-state index in [4.69, 9.17) is 27.9 Å². The Morgan fingerprint density at radius 3 is 2.42 bits per heavy atom. The predicted octanol–water partition coefficient (Wildman–Crippen LogP) is 2.56. The van der Waals surface area contributed by atoms with Crippen molar-refractivity contribution in [1.82, 2.24) is 0 Å². The van der Waals surface area contributed by atoms with Crippen LogP contribution in [0.5, 0.6) is 0 Å². The van der Waals surface area contributed by atoms with Gasteiger partial charge >= 0.3 is 0 Å². The van der Waals surface area contributed by atoms with Crippen LogP contribution in [0.1, 0.15) is 27.2 Å². The molecule has 0 amide bonds. The molecule has 72 valence electrons. The molecule has 0 aromatic heterocycles. The molecule has 0 N–H and O–H groups in total. The molecule has 0 fully saturated rings. The van der Waals surface area contributed by atoms with Gasteiger partial charge in [0.25, 0.3) is 0 Å². The highest BCUT2D eigenvalue weighted by Crippen LogP contribution is 2.31. The fraction of sp³-hybridized carbons (Fsp3) is 0.875. The van der Waals surface area contributed by atoms with Gasteiger partial charge in [-0.15, -0.1) is 0 Å². The highest BCUT2D eigenvalue weighted by molar-refractivity contribution is 6.49. The Labute approximate surface area is 83.2 Å². The molecule has 2 nitrogen and oxygen atoms in total. The average molecular weight is 213 g/mol. The number of halogens is 2. The maximum atomic E-state index is 10.7. The van der Waals surface area contributed by atoms with Crippen molar-refractivity contribution >= 4 is 29.0 Å². The first-order valence-corrected chi connectivity index (χ1v) is 4.64. The van der Waals surface area contributed by atoms with Gasteiger partial charge in [-0.1, -0.05) is 23.2 Å². The smallest absolute Gasteiger partial charge is 0.150 e. The summed E-state index contributed by atoms with van der Waals surface area (Å²) in [6, 6.07) is 0. The Balaban J connectivity index is 4.07. The molecule has 0 aliphatic carbocycles. The molecular formula is C8H14Cl2O2. The van der Waals surface area contributed by atoms with Crippen molar-refractivity contribution in [2.75, 3.05) is 6.61 Å². The van der Waals surface area contributed by atoms with Gasteiger partial charge in [0.2, 0.25) is 0 Å². The summed E-state index contributed by atoms with van der Waals surface area (Å²) in [4.78, 5) is 10.7. The van der Waals surface area contributed by atoms with E-state index in [1.807, 2.05) is 6.92 Å². The third-order valence-corrected chi connectivity index (χ3v) is 2.38. The highest BCUT2D eigenvalue weighted by atomic mass is 35.5. The molecule has 0 aliphatic heterocycles. The van der Waals surface area contributed by atoms with Gasteiger partial charge in [-0.2, -0.15) is 0 Å². The monoisotopic (exact) mass is 212 g/mol. The van der Waals surface area contributed by atoms with E-state index in [0.29, 0.717) is 6.61 Å². The van der Waals surface area contributed by atoms with E-state index >= 15 is 0 Å². The highest BCUT2D eigenvalue weighted by Gasteiger charge is 2.33. The standard InChI is InChI=1S/C8H14Cl2O2/c1-4-12-7(3)8(9,10)5-6(2)11/h7H,4-5H2,1-3H3. The second kappa shape index (κ2) is 5.05. The summed E-state index contributed by atoms with van der Waals surface area (Å²) in [6.45, 7) is 5.61. The lowest BCUT2D eigenvalue weighted by molar-refractivity contribution is -0.117. The van der Waals surface area contributed by atoms with Crippen LogP contribution in [0.3, 0.4) is 0 Å². The van der Waals surface area contributed by atoms with Crippen LogP contribution in [0.25, 0.3) is 0 Å². The molecule has 1 unspecified atom stereocenters. The number of carbonyl (C=O) groups excluding carboxylic acids is 1. The summed E-state index contributed by atoms with van der Waals surface area (Å²) in [6.07, 6.45) is -0.202. The minimum absolute atomic E-state index is 0.0356. The lowest BCUT2D eigenvalue weighted by Crippen LogP contribution is -2.33. The second-order valence-electron chi connectivity index (χ2n) is 2.74. The third-order valence-electron chi connectivity index (χ3n) is 1.50. The molecule has 4 heteroatoms. The van der Waals surface area contributed by atoms with E-state index in [0.717, 1.165) is 0 Å². The minimum atomic E-state index is -1.10. The van der Waals surface area contributed by atoms with Gasteiger partial charge < -0.3 is 4.74 Å². The van der Waals surface area contributed by atoms with E-state index in [1.54, 1.807) is 6.92 Å². The lowest BCUT2D eigenvalue weighted by Gasteiger charge is -2.25. The topological polar surface area (TPSA) is 26.3 Å². The molecule has 0 saturated heterocycles. The summed E-state index contributed by atoms with van der Waals surface area (Å²) in [5.74, 6) is -0.0356. The minimum Gasteiger partial charge on any atom is -0.376 e. The van der Waals surface area contributed by atoms with Crippen LogP contribution in [-0.4, -0.2) is 22.8 Å². The van der Waals surface area contributed by atoms with Crippen LogP contribution in [-0.2, 0) is 9.53 Å². The second-order valence-corrected chi connectivity index (χ2v) is 4.28. The molecule has 0 saturated carbocycles. The molecule has 0 radical (unpaired) electrons. The van der Waals surface area contributed by atoms with Gasteiger partial charge in [0, 0.05) is 13.0 Å². The van der Waals surface area contributed by atoms with E-state index in [9.17, 15) is 4.79 Å². The van der Waals surface area contributed by atoms with E-state index in [1.165, 1.54) is 6.92 Å². The zero-order valence-corrected chi connectivity index (χ0v) is 9.08. The number of carbonyl (C=O) groups is 1. The molecular weight excluding hydrogens is 199 g/mol. The van der Waals surface area contributed by atoms with Crippen molar-refractivity contribution in [3.8, 4) is 0 Å². The lowest BCUT2D eigenvalue weighted by atomic mass is 10.1. The van der Waals surface area contributed by atoms with Crippen molar-refractivity contribution in [2.24, 2.45) is 0 Å². The SMILES string of the molecule is CCOC(C)C(Cl)(Cl)CC(C)=O. The molecule has 0 spiro atoms. The summed E-state index contributed by atoms with van der Waals surface area (Å²) in [5, 5.41) is 0. The Kier molecular flexibility index (Phi) is 5.14. The normalized spacial score (nSPS) is 14.4. The first-order chi connectivity index (χ1) is 5.40. The number of ether oxygens (including phenoxy) is 1. The quantitative estimate of drug-likeness (QED) is 0.656. The maximum Gasteiger partial charge on any atom is 0.150 e. The summed E-state index contributed by atoms with van der Waals surface area (Å²) in [5.41, 5.74) is 0. The Hall–Kier alpha value is 0.210. The van der Waals surface area contributed by atoms with Crippen molar-refractivity contribution in [3.63, 3.8) is 0 Å². The van der Waals surface area contributed by atoms with Crippen molar-refractivity contribution in [1.29, 1.82) is 0 Å². The number of ketones is 1. The van der Waals surface area contributed by atoms with E-state index in [-0.39, 0.29) is 18.3 Å². The van der Waals surface area contributed by atoms with Crippen LogP contribution in [0.2, 0.25) is 0 Å². The number of Topliss-reactive ketones (excluding diaryl/α,β-unsaturated/α-hetero) is 1. The van der Waals surface area contributed by atoms with Gasteiger partial charge in [-0.25, -0.2) is 0 Å². The maximum absolute atomic E-state index is 10.7. The van der Waals surface area contributed by atoms with Crippen LogP contribution in [0.4, 0.5) is 0 Å². The molecule has 12 heavy (non-hydrogen) atoms. The van der Waals surface area contributed by atoms with Crippen molar-refractivity contribution in [3.05, 3.63) is 0 Å². The first-order valence-electron chi connectivity index (χ1n) is 3.89. The van der Waals surface area contributed by atoms with Gasteiger partial charge in [-0.3, -0.25) is 4.79 Å². The van der Waals surface area contributed by atoms with Crippen molar-refractivity contribution in [2.45, 2.75) is 37.6 Å². The van der Waals surface area contributed by atoms with Crippen LogP contribution in [0, 0.1) is 0 Å². The van der Waals surface area contributed by atoms with Gasteiger partial charge in [0.15, 0.2) is 4.33 Å². The third kappa shape index (κ3) is 4.29. The Bertz CT molecular complexity index is 157. The molecule has 0 rings (SSSR count). The summed E-state index contributed by atoms with van der Waals surface area (Å²) >= 11 is 11.8. The molecule has 0 aromatic rings. The Morgan fingerprint density at radius 2 is 2.08 bits per heavy atom. The Morgan fingerprint density at radius 1 is 1.58 bits per heavy atom. The molecule has 1 atom stereocenters. The largest absolute Gasteiger partial charge is 0.376 e. The number of hydrogen-bond acceptors (Lipinski definition) is 2. The zero-order chi connectivity index (χ0) is 9.78. The molecule has 0 bridgehead atoms. The summed E-state index contributed by atoms with van der Waals surface area (Å²) in [7, 11) is 0. The number of alkyl halides is 2. The van der Waals surface area contributed by atoms with Gasteiger partial charge in [0.05, 0.1) is 6.10 Å². The van der Waals surface area contributed by atoms with Gasteiger partial charge in [-0.05, 0) is 20.8 Å². The average Bonchev–Trinajstić information content (AvgIpc) is 1.85. The van der Waals surface area contributed by atoms with Crippen LogP contribution in [0.15, 0.2) is 0 Å². The van der Waals surface area contributed by atoms with E-state index in [2.05, 4.69) is 0 Å². The van der Waals surface area contributed by atoms with Crippen LogP contribution < -0.4 is 0 Å². The first kappa shape index (κ1) is 12.2. The zero-order valence-electron chi connectivity index (χ0n) is 7.56. The fourth-order valence-corrected chi connectivity index (χ4v) is 1.35. The van der Waals surface area contributed by atoms with Gasteiger partial charge in [0.1, 0.15) is 5.78 Å². The predicted molar refractivity (Wildman–Crippen MR) is 50.8 cm³/mol. The molecule has 0 aromatic carbocycles. The summed E-state index contributed by atoms with van der Waals surface area (Å²) < 4.78 is 4.10. The van der Waals surface area contributed by atoms with Crippen LogP contribution >= 0.6 is 23.2 Å². The number of rotatable bonds is 5. The molecule has 0 aliphatic rings. The van der Waals surface area contributed by atoms with Crippen molar-refractivity contribution < 1.29 is 9.53 Å². The fourth-order valence-electron chi connectivity index (χ4n) is 0.848.